The maximum Gasteiger partial charge on any atom is 0.413 e. The highest BCUT2D eigenvalue weighted by atomic mass is 16.7. The van der Waals surface area contributed by atoms with Gasteiger partial charge in [-0.3, -0.25) is 9.78 Å². The first kappa shape index (κ1) is 45.3. The molecule has 0 radical (unpaired) electrons. The van der Waals surface area contributed by atoms with Crippen molar-refractivity contribution in [3.8, 4) is 5.75 Å². The number of para-hydroxylation sites is 1. The summed E-state index contributed by atoms with van der Waals surface area (Å²) in [5.74, 6) is -3.17. The highest BCUT2D eigenvalue weighted by molar-refractivity contribution is 5.89. The summed E-state index contributed by atoms with van der Waals surface area (Å²) in [4.78, 5) is 61.5. The number of hydrogen-bond acceptors (Lipinski definition) is 15. The summed E-state index contributed by atoms with van der Waals surface area (Å²) >= 11 is 0. The maximum atomic E-state index is 14.4. The molecular formula is C48H57N3O13. The SMILES string of the molecule is CC(=O)O[C@@]12CO[C@@H]1CC[C@]1(C)C2C(OC(=O)c2ccccc2)[C@]2(O)C[C@H](OC(=O)[C@H](O)[C@H](NC(=O)Oc3ccccc3)c3ccccn3)C(C)=C([C@H]3O[C@@H](CN(C)C)O[C@H]31)C2(C)C. The third-order valence-corrected chi connectivity index (χ3v) is 14.1. The van der Waals surface area contributed by atoms with Crippen LogP contribution in [0.1, 0.15) is 76.0 Å². The molecule has 2 saturated carbocycles. The van der Waals surface area contributed by atoms with Gasteiger partial charge in [0.2, 0.25) is 0 Å². The highest BCUT2D eigenvalue weighted by Gasteiger charge is 2.77. The molecule has 16 nitrogen and oxygen atoms in total. The average Bonchev–Trinajstić information content (AvgIpc) is 3.66. The lowest BCUT2D eigenvalue weighted by Gasteiger charge is -2.68. The third kappa shape index (κ3) is 7.87. The van der Waals surface area contributed by atoms with Crippen LogP contribution in [0.15, 0.2) is 96.2 Å². The zero-order valence-corrected chi connectivity index (χ0v) is 37.1. The number of fused-ring (bicyclic) bond motifs is 8. The van der Waals surface area contributed by atoms with Gasteiger partial charge in [-0.1, -0.05) is 63.2 Å². The molecule has 8 rings (SSSR count). The van der Waals surface area contributed by atoms with Crippen molar-refractivity contribution in [1.29, 1.82) is 0 Å². The van der Waals surface area contributed by atoms with Crippen LogP contribution in [0.2, 0.25) is 0 Å². The van der Waals surface area contributed by atoms with Crippen LogP contribution in [0.25, 0.3) is 0 Å². The van der Waals surface area contributed by atoms with E-state index in [9.17, 15) is 29.4 Å². The molecule has 12 atom stereocenters. The Morgan fingerprint density at radius 1 is 0.953 bits per heavy atom. The van der Waals surface area contributed by atoms with E-state index in [1.807, 2.05) is 39.8 Å². The second-order valence-corrected chi connectivity index (χ2v) is 18.7. The number of nitrogens with one attached hydrogen (secondary N) is 1. The lowest BCUT2D eigenvalue weighted by atomic mass is 9.45. The number of likely N-dealkylation sites (N-methyl/N-ethyl adjacent to an activating group) is 1. The van der Waals surface area contributed by atoms with Gasteiger partial charge in [0.15, 0.2) is 18.0 Å². The number of aliphatic hydroxyl groups is 2. The largest absolute Gasteiger partial charge is 0.456 e. The predicted octanol–water partition coefficient (Wildman–Crippen LogP) is 4.69. The van der Waals surface area contributed by atoms with Crippen molar-refractivity contribution in [3.05, 3.63) is 107 Å². The van der Waals surface area contributed by atoms with Gasteiger partial charge in [-0.25, -0.2) is 14.4 Å². The zero-order valence-electron chi connectivity index (χ0n) is 37.1. The fourth-order valence-electron chi connectivity index (χ4n) is 11.0. The number of carbonyl (C=O) groups excluding carboxylic acids is 4. The van der Waals surface area contributed by atoms with Crippen LogP contribution in [0.3, 0.4) is 0 Å². The summed E-state index contributed by atoms with van der Waals surface area (Å²) in [7, 11) is 3.79. The zero-order chi connectivity index (χ0) is 45.8. The Morgan fingerprint density at radius 2 is 1.64 bits per heavy atom. The molecule has 2 aromatic carbocycles. The second-order valence-electron chi connectivity index (χ2n) is 18.7. The number of aliphatic hydroxyl groups excluding tert-OH is 1. The molecule has 3 N–H and O–H groups in total. The lowest BCUT2D eigenvalue weighted by molar-refractivity contribution is -0.345. The highest BCUT2D eigenvalue weighted by Crippen LogP contribution is 2.66. The van der Waals surface area contributed by atoms with Crippen molar-refractivity contribution < 1.29 is 62.5 Å². The minimum Gasteiger partial charge on any atom is -0.456 e. The molecule has 0 spiro atoms. The topological polar surface area (TPSA) is 202 Å². The summed E-state index contributed by atoms with van der Waals surface area (Å²) in [6, 6.07) is 20.0. The molecule has 3 aliphatic carbocycles. The Labute approximate surface area is 372 Å². The van der Waals surface area contributed by atoms with Crippen LogP contribution in [0.4, 0.5) is 4.79 Å². The number of hydrogen-bond donors (Lipinski definition) is 3. The van der Waals surface area contributed by atoms with E-state index in [4.69, 9.17) is 33.2 Å². The van der Waals surface area contributed by atoms with E-state index in [0.29, 0.717) is 30.5 Å². The molecule has 4 fully saturated rings. The number of benzene rings is 2. The molecule has 16 heteroatoms. The van der Waals surface area contributed by atoms with E-state index in [1.54, 1.807) is 79.7 Å². The first-order chi connectivity index (χ1) is 30.4. The van der Waals surface area contributed by atoms with Gasteiger partial charge in [-0.15, -0.1) is 0 Å². The molecule has 1 aromatic heterocycles. The van der Waals surface area contributed by atoms with E-state index in [0.717, 1.165) is 0 Å². The van der Waals surface area contributed by atoms with Gasteiger partial charge in [0, 0.05) is 36.9 Å². The number of ether oxygens (including phenoxy) is 7. The molecule has 3 heterocycles. The number of aromatic nitrogens is 1. The Kier molecular flexibility index (Phi) is 12.2. The summed E-state index contributed by atoms with van der Waals surface area (Å²) in [6.07, 6.45) is -6.54. The fraction of sp³-hybridized carbons (Fsp3) is 0.521. The van der Waals surface area contributed by atoms with Gasteiger partial charge in [-0.2, -0.15) is 0 Å². The minimum absolute atomic E-state index is 0.0340. The number of pyridine rings is 1. The van der Waals surface area contributed by atoms with Crippen molar-refractivity contribution >= 4 is 24.0 Å². The van der Waals surface area contributed by atoms with E-state index < -0.39 is 101 Å². The Balaban J connectivity index is 1.24. The van der Waals surface area contributed by atoms with Crippen LogP contribution in [0, 0.1) is 16.7 Å². The summed E-state index contributed by atoms with van der Waals surface area (Å²) in [5, 5.41) is 28.3. The number of rotatable bonds is 11. The van der Waals surface area contributed by atoms with Gasteiger partial charge < -0.3 is 53.6 Å². The third-order valence-electron chi connectivity index (χ3n) is 14.1. The van der Waals surface area contributed by atoms with Gasteiger partial charge in [-0.05, 0) is 81.4 Å². The first-order valence-corrected chi connectivity index (χ1v) is 21.7. The van der Waals surface area contributed by atoms with E-state index in [1.165, 1.54) is 19.2 Å². The minimum atomic E-state index is -2.08. The maximum absolute atomic E-state index is 14.4. The Hall–Kier alpha value is -5.23. The molecule has 2 unspecified atom stereocenters. The van der Waals surface area contributed by atoms with Gasteiger partial charge >= 0.3 is 24.0 Å². The number of carbonyl (C=O) groups is 4. The van der Waals surface area contributed by atoms with Crippen LogP contribution in [-0.2, 0) is 38.0 Å². The smallest absolute Gasteiger partial charge is 0.413 e. The molecular weight excluding hydrogens is 827 g/mol. The average molecular weight is 884 g/mol. The van der Waals surface area contributed by atoms with Crippen LogP contribution >= 0.6 is 0 Å². The van der Waals surface area contributed by atoms with Gasteiger partial charge in [0.05, 0.1) is 29.9 Å². The molecule has 64 heavy (non-hydrogen) atoms. The van der Waals surface area contributed by atoms with E-state index >= 15 is 0 Å². The molecule has 2 saturated heterocycles. The lowest BCUT2D eigenvalue weighted by Crippen LogP contribution is -2.79. The van der Waals surface area contributed by atoms with Crippen LogP contribution < -0.4 is 10.1 Å². The molecule has 342 valence electrons. The predicted molar refractivity (Wildman–Crippen MR) is 227 cm³/mol. The van der Waals surface area contributed by atoms with Crippen molar-refractivity contribution in [3.63, 3.8) is 0 Å². The fourth-order valence-corrected chi connectivity index (χ4v) is 11.0. The summed E-state index contributed by atoms with van der Waals surface area (Å²) < 4.78 is 44.7. The van der Waals surface area contributed by atoms with Crippen molar-refractivity contribution in [2.45, 2.75) is 114 Å². The monoisotopic (exact) mass is 883 g/mol. The summed E-state index contributed by atoms with van der Waals surface area (Å²) in [5.41, 5.74) is -4.25. The van der Waals surface area contributed by atoms with Crippen LogP contribution in [0.5, 0.6) is 5.75 Å². The summed E-state index contributed by atoms with van der Waals surface area (Å²) in [6.45, 7) is 9.11. The first-order valence-electron chi connectivity index (χ1n) is 21.7. The molecule has 5 aliphatic rings. The van der Waals surface area contributed by atoms with Crippen LogP contribution in [-0.4, -0.2) is 125 Å². The molecule has 2 bridgehead atoms. The van der Waals surface area contributed by atoms with E-state index in [2.05, 4.69) is 10.3 Å². The number of nitrogens with zero attached hydrogens (tertiary/aromatic N) is 2. The number of esters is 3. The Morgan fingerprint density at radius 3 is 2.27 bits per heavy atom. The standard InChI is InChI=1S/C48H57N3O13/c1-27-32(60-43(55)37(53)36(31-20-14-15-23-49-31)50-44(56)59-30-18-12-9-13-19-30)24-48(57)41(63-42(54)29-16-10-8-11-17-29)39-46(5,22-21-33-47(39,26-58-33)64-28(2)52)40-38(35(27)45(48,3)4)61-34(62-40)25-51(6)7/h8-20,23,32-34,36-41,53,57H,21-22,24-26H2,1-7H3,(H,50,56)/t32-,33+,34+,36+,37+,38+,39?,40+,41?,46+,47-,48+/m0/s1. The quantitative estimate of drug-likeness (QED) is 0.136. The van der Waals surface area contributed by atoms with Gasteiger partial charge in [0.25, 0.3) is 0 Å². The second kappa shape index (κ2) is 17.3. The van der Waals surface area contributed by atoms with Crippen molar-refractivity contribution in [2.75, 3.05) is 27.2 Å². The van der Waals surface area contributed by atoms with Crippen molar-refractivity contribution in [1.82, 2.24) is 15.2 Å². The molecule has 1 amide bonds. The molecule has 3 aromatic rings. The molecule has 2 aliphatic heterocycles. The number of amides is 1. The van der Waals surface area contributed by atoms with E-state index in [-0.39, 0.29) is 30.0 Å². The van der Waals surface area contributed by atoms with Crippen molar-refractivity contribution in [2.24, 2.45) is 16.7 Å². The van der Waals surface area contributed by atoms with Gasteiger partial charge in [0.1, 0.15) is 41.8 Å². The Bertz CT molecular complexity index is 2260. The normalized spacial score (nSPS) is 33.4.